The molecule has 0 spiro atoms. The molecule has 3 rings (SSSR count). The maximum absolute atomic E-state index is 12.9. The van der Waals surface area contributed by atoms with Gasteiger partial charge in [0, 0.05) is 37.7 Å². The number of aryl methyl sites for hydroxylation is 2. The lowest BCUT2D eigenvalue weighted by molar-refractivity contribution is -0.141. The molecule has 0 bridgehead atoms. The van der Waals surface area contributed by atoms with Crippen molar-refractivity contribution in [1.82, 2.24) is 15.0 Å². The van der Waals surface area contributed by atoms with Gasteiger partial charge in [0.2, 0.25) is 0 Å². The van der Waals surface area contributed by atoms with Gasteiger partial charge in [-0.2, -0.15) is 13.2 Å². The number of alkyl halides is 3. The van der Waals surface area contributed by atoms with Crippen LogP contribution in [0.15, 0.2) is 18.3 Å². The van der Waals surface area contributed by atoms with Crippen LogP contribution in [-0.2, 0) is 10.9 Å². The van der Waals surface area contributed by atoms with Gasteiger partial charge in [0.05, 0.1) is 17.8 Å². The topological polar surface area (TPSA) is 54.0 Å². The lowest BCUT2D eigenvalue weighted by Crippen LogP contribution is -2.26. The number of anilines is 1. The molecule has 1 aliphatic rings. The van der Waals surface area contributed by atoms with E-state index in [0.717, 1.165) is 23.3 Å². The van der Waals surface area contributed by atoms with E-state index in [9.17, 15) is 13.2 Å². The third kappa shape index (κ3) is 3.10. The van der Waals surface area contributed by atoms with Gasteiger partial charge in [-0.15, -0.1) is 0 Å². The molecule has 8 heteroatoms. The van der Waals surface area contributed by atoms with Gasteiger partial charge in [-0.05, 0) is 26.0 Å². The number of rotatable bonds is 3. The molecule has 0 aliphatic carbocycles. The van der Waals surface area contributed by atoms with Gasteiger partial charge < -0.3 is 14.6 Å². The van der Waals surface area contributed by atoms with E-state index < -0.39 is 11.9 Å². The normalized spacial score (nSPS) is 21.5. The van der Waals surface area contributed by atoms with Gasteiger partial charge in [-0.3, -0.25) is 4.98 Å². The summed E-state index contributed by atoms with van der Waals surface area (Å²) in [7, 11) is 1.61. The van der Waals surface area contributed by atoms with Crippen LogP contribution in [0.25, 0.3) is 0 Å². The Bertz CT molecular complexity index is 709. The molecule has 1 saturated heterocycles. The summed E-state index contributed by atoms with van der Waals surface area (Å²) in [6, 6.07) is 2.50. The number of methoxy groups -OCH3 is 1. The predicted octanol–water partition coefficient (Wildman–Crippen LogP) is 3.41. The third-order valence-electron chi connectivity index (χ3n) is 4.42. The fourth-order valence-corrected chi connectivity index (χ4v) is 3.00. The maximum Gasteiger partial charge on any atom is 0.433 e. The van der Waals surface area contributed by atoms with Crippen LogP contribution >= 0.6 is 0 Å². The minimum absolute atomic E-state index is 0.0665. The molecule has 5 nitrogen and oxygen atoms in total. The largest absolute Gasteiger partial charge is 0.433 e. The molecule has 0 radical (unpaired) electrons. The highest BCUT2D eigenvalue weighted by Crippen LogP contribution is 2.38. The first-order valence-corrected chi connectivity index (χ1v) is 7.65. The molecule has 2 aromatic rings. The highest BCUT2D eigenvalue weighted by molar-refractivity contribution is 5.50. The summed E-state index contributed by atoms with van der Waals surface area (Å²) in [4.78, 5) is 13.1. The zero-order chi connectivity index (χ0) is 17.5. The predicted molar refractivity (Wildman–Crippen MR) is 82.8 cm³/mol. The summed E-state index contributed by atoms with van der Waals surface area (Å²) in [5, 5.41) is 0. The number of aromatic amines is 1. The number of ether oxygens (including phenoxy) is 1. The summed E-state index contributed by atoms with van der Waals surface area (Å²) in [6.45, 7) is 4.32. The van der Waals surface area contributed by atoms with Gasteiger partial charge in [0.25, 0.3) is 0 Å². The maximum atomic E-state index is 12.9. The van der Waals surface area contributed by atoms with Crippen molar-refractivity contribution >= 4 is 5.69 Å². The Kier molecular flexibility index (Phi) is 4.25. The standard InChI is InChI=1S/C16H19F3N4O/c1-9-10(2)22-15(21-9)13-7-12(24-3)8-23(13)11-4-5-20-14(6-11)16(17,18)19/h4-6,12-13H,7-8H2,1-3H3,(H,21,22)/t12-,13+/m1/s1. The Balaban J connectivity index is 1.97. The molecule has 3 heterocycles. The smallest absolute Gasteiger partial charge is 0.380 e. The Labute approximate surface area is 137 Å². The van der Waals surface area contributed by atoms with Crippen LogP contribution in [0.3, 0.4) is 0 Å². The van der Waals surface area contributed by atoms with E-state index in [1.54, 1.807) is 13.2 Å². The molecule has 0 unspecified atom stereocenters. The number of aromatic nitrogens is 3. The summed E-state index contributed by atoms with van der Waals surface area (Å²) >= 11 is 0. The molecule has 24 heavy (non-hydrogen) atoms. The number of nitrogens with zero attached hydrogens (tertiary/aromatic N) is 3. The molecule has 2 atom stereocenters. The molecule has 0 aromatic carbocycles. The van der Waals surface area contributed by atoms with Crippen LogP contribution in [0.2, 0.25) is 0 Å². The average Bonchev–Trinajstić information content (AvgIpc) is 3.10. The second kappa shape index (κ2) is 6.08. The Morgan fingerprint density at radius 1 is 1.33 bits per heavy atom. The lowest BCUT2D eigenvalue weighted by atomic mass is 10.2. The summed E-state index contributed by atoms with van der Waals surface area (Å²) in [6.07, 6.45) is -2.69. The summed E-state index contributed by atoms with van der Waals surface area (Å²) < 4.78 is 44.3. The van der Waals surface area contributed by atoms with Crippen LogP contribution in [-0.4, -0.2) is 34.7 Å². The van der Waals surface area contributed by atoms with E-state index in [1.165, 1.54) is 6.20 Å². The molecule has 130 valence electrons. The van der Waals surface area contributed by atoms with E-state index in [4.69, 9.17) is 4.74 Å². The van der Waals surface area contributed by atoms with Crippen molar-refractivity contribution in [3.63, 3.8) is 0 Å². The van der Waals surface area contributed by atoms with Crippen molar-refractivity contribution in [3.8, 4) is 0 Å². The van der Waals surface area contributed by atoms with Gasteiger partial charge in [-0.1, -0.05) is 0 Å². The van der Waals surface area contributed by atoms with Crippen LogP contribution in [0, 0.1) is 13.8 Å². The molecular weight excluding hydrogens is 321 g/mol. The monoisotopic (exact) mass is 340 g/mol. The highest BCUT2D eigenvalue weighted by Gasteiger charge is 2.37. The van der Waals surface area contributed by atoms with Crippen LogP contribution in [0.4, 0.5) is 18.9 Å². The van der Waals surface area contributed by atoms with E-state index in [2.05, 4.69) is 15.0 Å². The van der Waals surface area contributed by atoms with Gasteiger partial charge in [0.15, 0.2) is 0 Å². The van der Waals surface area contributed by atoms with Crippen molar-refractivity contribution in [2.45, 2.75) is 38.6 Å². The zero-order valence-electron chi connectivity index (χ0n) is 13.7. The fourth-order valence-electron chi connectivity index (χ4n) is 3.00. The number of hydrogen-bond donors (Lipinski definition) is 1. The zero-order valence-corrected chi connectivity index (χ0v) is 13.7. The first-order chi connectivity index (χ1) is 11.3. The fraction of sp³-hybridized carbons (Fsp3) is 0.500. The van der Waals surface area contributed by atoms with E-state index in [-0.39, 0.29) is 12.1 Å². The Morgan fingerprint density at radius 2 is 2.08 bits per heavy atom. The molecular formula is C16H19F3N4O. The van der Waals surface area contributed by atoms with Gasteiger partial charge in [-0.25, -0.2) is 4.98 Å². The molecule has 1 aliphatic heterocycles. The van der Waals surface area contributed by atoms with E-state index in [1.807, 2.05) is 18.7 Å². The second-order valence-corrected chi connectivity index (χ2v) is 5.99. The number of pyridine rings is 1. The number of imidazole rings is 1. The first kappa shape index (κ1) is 16.8. The minimum Gasteiger partial charge on any atom is -0.380 e. The van der Waals surface area contributed by atoms with E-state index >= 15 is 0 Å². The minimum atomic E-state index is -4.47. The Morgan fingerprint density at radius 3 is 2.67 bits per heavy atom. The van der Waals surface area contributed by atoms with Crippen LogP contribution in [0.1, 0.15) is 35.4 Å². The third-order valence-corrected chi connectivity index (χ3v) is 4.42. The summed E-state index contributed by atoms with van der Waals surface area (Å²) in [5.41, 5.74) is 1.41. The van der Waals surface area contributed by atoms with Crippen molar-refractivity contribution in [2.24, 2.45) is 0 Å². The second-order valence-electron chi connectivity index (χ2n) is 5.99. The first-order valence-electron chi connectivity index (χ1n) is 7.65. The van der Waals surface area contributed by atoms with Crippen LogP contribution < -0.4 is 4.90 Å². The molecule has 1 fully saturated rings. The lowest BCUT2D eigenvalue weighted by Gasteiger charge is -2.25. The number of halogens is 3. The average molecular weight is 340 g/mol. The summed E-state index contributed by atoms with van der Waals surface area (Å²) in [5.74, 6) is 0.745. The molecule has 0 saturated carbocycles. The molecule has 1 N–H and O–H groups in total. The number of hydrogen-bond acceptors (Lipinski definition) is 4. The van der Waals surface area contributed by atoms with Gasteiger partial charge in [0.1, 0.15) is 11.5 Å². The van der Waals surface area contributed by atoms with E-state index in [0.29, 0.717) is 18.7 Å². The van der Waals surface area contributed by atoms with Gasteiger partial charge >= 0.3 is 6.18 Å². The molecule has 2 aromatic heterocycles. The highest BCUT2D eigenvalue weighted by atomic mass is 19.4. The van der Waals surface area contributed by atoms with Crippen molar-refractivity contribution in [2.75, 3.05) is 18.6 Å². The quantitative estimate of drug-likeness (QED) is 0.930. The molecule has 0 amide bonds. The van der Waals surface area contributed by atoms with Crippen molar-refractivity contribution in [3.05, 3.63) is 41.2 Å². The van der Waals surface area contributed by atoms with Crippen LogP contribution in [0.5, 0.6) is 0 Å². The Hall–Kier alpha value is -2.09. The van der Waals surface area contributed by atoms with Crippen molar-refractivity contribution < 1.29 is 17.9 Å². The number of nitrogens with one attached hydrogen (secondary N) is 1. The van der Waals surface area contributed by atoms with Crippen molar-refractivity contribution in [1.29, 1.82) is 0 Å². The SMILES string of the molecule is CO[C@@H]1C[C@@H](c2nc(C)c(C)[nH]2)N(c2ccnc(C(F)(F)F)c2)C1. The number of H-pyrrole nitrogens is 1.